The van der Waals surface area contributed by atoms with Gasteiger partial charge in [-0.25, -0.2) is 5.43 Å². The number of carbonyl (C=O) groups excluding carboxylic acids is 1. The van der Waals surface area contributed by atoms with E-state index in [1.165, 1.54) is 6.21 Å². The largest absolute Gasteiger partial charge is 0.497 e. The molecule has 0 aliphatic rings. The summed E-state index contributed by atoms with van der Waals surface area (Å²) in [6.45, 7) is 8.49. The predicted octanol–water partition coefficient (Wildman–Crippen LogP) is 4.05. The summed E-state index contributed by atoms with van der Waals surface area (Å²) >= 11 is 0. The number of methoxy groups -OCH3 is 1. The number of amides is 1. The van der Waals surface area contributed by atoms with E-state index in [0.29, 0.717) is 29.6 Å². The van der Waals surface area contributed by atoms with Crippen LogP contribution in [0.5, 0.6) is 17.2 Å². The van der Waals surface area contributed by atoms with E-state index in [4.69, 9.17) is 14.2 Å². The molecule has 2 aromatic rings. The SMILES string of the molecule is CCOc1ccc(OC)cc1/C=N\NC(=O)COc1cc(C)ccc1C(C)C. The third-order valence-electron chi connectivity index (χ3n) is 4.06. The molecule has 0 saturated heterocycles. The number of hydrazone groups is 1. The highest BCUT2D eigenvalue weighted by molar-refractivity contribution is 5.86. The second kappa shape index (κ2) is 10.3. The number of benzene rings is 2. The van der Waals surface area contributed by atoms with Crippen molar-refractivity contribution in [1.29, 1.82) is 0 Å². The van der Waals surface area contributed by atoms with Gasteiger partial charge in [0.2, 0.25) is 0 Å². The summed E-state index contributed by atoms with van der Waals surface area (Å²) in [4.78, 5) is 12.1. The van der Waals surface area contributed by atoms with Crippen molar-refractivity contribution in [3.05, 3.63) is 53.1 Å². The minimum atomic E-state index is -0.340. The van der Waals surface area contributed by atoms with Gasteiger partial charge in [-0.05, 0) is 55.2 Å². The summed E-state index contributed by atoms with van der Waals surface area (Å²) in [5, 5.41) is 4.01. The molecule has 0 heterocycles. The van der Waals surface area contributed by atoms with Gasteiger partial charge >= 0.3 is 0 Å². The van der Waals surface area contributed by atoms with Crippen molar-refractivity contribution in [1.82, 2.24) is 5.43 Å². The quantitative estimate of drug-likeness (QED) is 0.523. The molecule has 2 aromatic carbocycles. The maximum absolute atomic E-state index is 12.1. The van der Waals surface area contributed by atoms with Crippen LogP contribution in [0.1, 0.15) is 43.4 Å². The van der Waals surface area contributed by atoms with E-state index in [1.54, 1.807) is 19.2 Å². The lowest BCUT2D eigenvalue weighted by Crippen LogP contribution is -2.25. The van der Waals surface area contributed by atoms with Gasteiger partial charge in [-0.2, -0.15) is 5.10 Å². The molecule has 0 aliphatic carbocycles. The Bertz CT molecular complexity index is 831. The Morgan fingerprint density at radius 1 is 1.14 bits per heavy atom. The zero-order chi connectivity index (χ0) is 20.5. The number of carbonyl (C=O) groups is 1. The van der Waals surface area contributed by atoms with E-state index < -0.39 is 0 Å². The molecule has 0 spiro atoms. The summed E-state index contributed by atoms with van der Waals surface area (Å²) in [5.74, 6) is 2.04. The molecule has 0 bridgehead atoms. The second-order valence-electron chi connectivity index (χ2n) is 6.61. The van der Waals surface area contributed by atoms with Crippen molar-refractivity contribution < 1.29 is 19.0 Å². The summed E-state index contributed by atoms with van der Waals surface area (Å²) < 4.78 is 16.5. The van der Waals surface area contributed by atoms with Crippen LogP contribution in [-0.2, 0) is 4.79 Å². The fourth-order valence-corrected chi connectivity index (χ4v) is 2.63. The van der Waals surface area contributed by atoms with Crippen molar-refractivity contribution in [2.24, 2.45) is 5.10 Å². The van der Waals surface area contributed by atoms with Gasteiger partial charge in [-0.15, -0.1) is 0 Å². The lowest BCUT2D eigenvalue weighted by atomic mass is 10.0. The summed E-state index contributed by atoms with van der Waals surface area (Å²) in [6.07, 6.45) is 1.53. The first-order valence-electron chi connectivity index (χ1n) is 9.30. The van der Waals surface area contributed by atoms with Crippen molar-refractivity contribution in [2.75, 3.05) is 20.3 Å². The molecule has 2 rings (SSSR count). The van der Waals surface area contributed by atoms with Crippen LogP contribution in [0, 0.1) is 6.92 Å². The Hall–Kier alpha value is -3.02. The van der Waals surface area contributed by atoms with Crippen LogP contribution < -0.4 is 19.6 Å². The monoisotopic (exact) mass is 384 g/mol. The molecule has 0 saturated carbocycles. The van der Waals surface area contributed by atoms with Gasteiger partial charge in [-0.1, -0.05) is 26.0 Å². The molecule has 0 aliphatic heterocycles. The van der Waals surface area contributed by atoms with Gasteiger partial charge in [0.1, 0.15) is 17.2 Å². The molecule has 0 radical (unpaired) electrons. The van der Waals surface area contributed by atoms with E-state index in [0.717, 1.165) is 16.9 Å². The van der Waals surface area contributed by atoms with E-state index in [-0.39, 0.29) is 12.5 Å². The van der Waals surface area contributed by atoms with Crippen molar-refractivity contribution in [2.45, 2.75) is 33.6 Å². The van der Waals surface area contributed by atoms with Gasteiger partial charge < -0.3 is 14.2 Å². The molecule has 0 aromatic heterocycles. The molecular weight excluding hydrogens is 356 g/mol. The summed E-state index contributed by atoms with van der Waals surface area (Å²) in [6, 6.07) is 11.4. The van der Waals surface area contributed by atoms with Crippen LogP contribution in [0.25, 0.3) is 0 Å². The molecule has 1 N–H and O–H groups in total. The first kappa shape index (κ1) is 21.3. The zero-order valence-electron chi connectivity index (χ0n) is 17.1. The predicted molar refractivity (Wildman–Crippen MR) is 111 cm³/mol. The number of rotatable bonds is 9. The lowest BCUT2D eigenvalue weighted by Gasteiger charge is -2.14. The summed E-state index contributed by atoms with van der Waals surface area (Å²) in [7, 11) is 1.59. The Balaban J connectivity index is 1.99. The zero-order valence-corrected chi connectivity index (χ0v) is 17.1. The number of nitrogens with one attached hydrogen (secondary N) is 1. The minimum absolute atomic E-state index is 0.114. The minimum Gasteiger partial charge on any atom is -0.497 e. The first-order valence-corrected chi connectivity index (χ1v) is 9.30. The van der Waals surface area contributed by atoms with E-state index in [1.807, 2.05) is 38.1 Å². The average Bonchev–Trinajstić information content (AvgIpc) is 2.67. The maximum atomic E-state index is 12.1. The first-order chi connectivity index (χ1) is 13.4. The maximum Gasteiger partial charge on any atom is 0.277 e. The third kappa shape index (κ3) is 6.01. The Labute approximate surface area is 166 Å². The van der Waals surface area contributed by atoms with Gasteiger partial charge in [0, 0.05) is 5.56 Å². The number of hydrogen-bond acceptors (Lipinski definition) is 5. The molecule has 150 valence electrons. The molecular formula is C22H28N2O4. The average molecular weight is 384 g/mol. The fraction of sp³-hybridized carbons (Fsp3) is 0.364. The van der Waals surface area contributed by atoms with E-state index in [2.05, 4.69) is 24.4 Å². The molecule has 0 atom stereocenters. The Kier molecular flexibility index (Phi) is 7.87. The summed E-state index contributed by atoms with van der Waals surface area (Å²) in [5.41, 5.74) is 5.34. The molecule has 0 unspecified atom stereocenters. The van der Waals surface area contributed by atoms with E-state index in [9.17, 15) is 4.79 Å². The highest BCUT2D eigenvalue weighted by Gasteiger charge is 2.10. The smallest absolute Gasteiger partial charge is 0.277 e. The topological polar surface area (TPSA) is 69.2 Å². The highest BCUT2D eigenvalue weighted by Crippen LogP contribution is 2.27. The van der Waals surface area contributed by atoms with Crippen LogP contribution in [-0.4, -0.2) is 32.4 Å². The van der Waals surface area contributed by atoms with Crippen molar-refractivity contribution >= 4 is 12.1 Å². The van der Waals surface area contributed by atoms with Gasteiger partial charge in [-0.3, -0.25) is 4.79 Å². The standard InChI is InChI=1S/C22H28N2O4/c1-6-27-20-10-8-18(26-5)12-17(20)13-23-24-22(25)14-28-21-11-16(4)7-9-19(21)15(2)3/h7-13,15H,6,14H2,1-5H3,(H,24,25)/b23-13-. The number of ether oxygens (including phenoxy) is 3. The van der Waals surface area contributed by atoms with Gasteiger partial charge in [0.05, 0.1) is 19.9 Å². The molecule has 28 heavy (non-hydrogen) atoms. The van der Waals surface area contributed by atoms with Crippen molar-refractivity contribution in [3.8, 4) is 17.2 Å². The van der Waals surface area contributed by atoms with Crippen LogP contribution in [0.2, 0.25) is 0 Å². The molecule has 1 amide bonds. The van der Waals surface area contributed by atoms with E-state index >= 15 is 0 Å². The Morgan fingerprint density at radius 3 is 2.61 bits per heavy atom. The van der Waals surface area contributed by atoms with Crippen LogP contribution >= 0.6 is 0 Å². The fourth-order valence-electron chi connectivity index (χ4n) is 2.63. The van der Waals surface area contributed by atoms with Gasteiger partial charge in [0.25, 0.3) is 5.91 Å². The van der Waals surface area contributed by atoms with Crippen LogP contribution in [0.15, 0.2) is 41.5 Å². The third-order valence-corrected chi connectivity index (χ3v) is 4.06. The number of nitrogens with zero attached hydrogens (tertiary/aromatic N) is 1. The number of aryl methyl sites for hydroxylation is 1. The van der Waals surface area contributed by atoms with Crippen LogP contribution in [0.4, 0.5) is 0 Å². The Morgan fingerprint density at radius 2 is 1.93 bits per heavy atom. The highest BCUT2D eigenvalue weighted by atomic mass is 16.5. The van der Waals surface area contributed by atoms with Gasteiger partial charge in [0.15, 0.2) is 6.61 Å². The van der Waals surface area contributed by atoms with Crippen molar-refractivity contribution in [3.63, 3.8) is 0 Å². The normalized spacial score (nSPS) is 10.9. The molecule has 6 heteroatoms. The molecule has 6 nitrogen and oxygen atoms in total. The number of hydrogen-bond donors (Lipinski definition) is 1. The second-order valence-corrected chi connectivity index (χ2v) is 6.61. The lowest BCUT2D eigenvalue weighted by molar-refractivity contribution is -0.123. The van der Waals surface area contributed by atoms with Crippen LogP contribution in [0.3, 0.4) is 0 Å². The molecule has 0 fully saturated rings.